The summed E-state index contributed by atoms with van der Waals surface area (Å²) in [5.41, 5.74) is 1.66. The molecule has 21 heavy (non-hydrogen) atoms. The number of carboxylic acids is 1. The van der Waals surface area contributed by atoms with Crippen LogP contribution in [0.15, 0.2) is 30.3 Å². The van der Waals surface area contributed by atoms with Gasteiger partial charge in [0.25, 0.3) is 0 Å². The van der Waals surface area contributed by atoms with E-state index in [9.17, 15) is 9.90 Å². The molecule has 0 bridgehead atoms. The number of nitrogens with zero attached hydrogens (tertiary/aromatic N) is 2. The van der Waals surface area contributed by atoms with Crippen LogP contribution in [0.4, 0.5) is 5.69 Å². The van der Waals surface area contributed by atoms with Crippen LogP contribution in [-0.4, -0.2) is 41.9 Å². The van der Waals surface area contributed by atoms with E-state index in [-0.39, 0.29) is 17.8 Å². The topological polar surface area (TPSA) is 62.7 Å². The van der Waals surface area contributed by atoms with Gasteiger partial charge in [-0.15, -0.1) is 0 Å². The Hall–Kier alpha value is -2.14. The van der Waals surface area contributed by atoms with Gasteiger partial charge >= 0.3 is 5.97 Å². The van der Waals surface area contributed by atoms with Crippen molar-refractivity contribution in [3.63, 3.8) is 0 Å². The van der Waals surface area contributed by atoms with Gasteiger partial charge in [-0.05, 0) is 25.5 Å². The first-order valence-electron chi connectivity index (χ1n) is 7.05. The lowest BCUT2D eigenvalue weighted by Gasteiger charge is -2.30. The summed E-state index contributed by atoms with van der Waals surface area (Å²) in [5.74, 6) is -1.01. The molecule has 2 unspecified atom stereocenters. The van der Waals surface area contributed by atoms with E-state index >= 15 is 0 Å². The molecule has 1 fully saturated rings. The molecule has 0 amide bonds. The van der Waals surface area contributed by atoms with Crippen LogP contribution >= 0.6 is 0 Å². The van der Waals surface area contributed by atoms with Gasteiger partial charge in [0.05, 0.1) is 17.7 Å². The number of aromatic carboxylic acids is 1. The van der Waals surface area contributed by atoms with Gasteiger partial charge in [-0.25, -0.2) is 9.78 Å². The van der Waals surface area contributed by atoms with E-state index in [1.165, 1.54) is 0 Å². The lowest BCUT2D eigenvalue weighted by atomic mass is 10.1. The fourth-order valence-corrected chi connectivity index (χ4v) is 2.97. The molecule has 5 heteroatoms. The van der Waals surface area contributed by atoms with Crippen molar-refractivity contribution < 1.29 is 14.6 Å². The highest BCUT2D eigenvalue weighted by Gasteiger charge is 2.29. The lowest BCUT2D eigenvalue weighted by Crippen LogP contribution is -2.37. The third-order valence-electron chi connectivity index (χ3n) is 4.13. The van der Waals surface area contributed by atoms with Gasteiger partial charge in [-0.3, -0.25) is 0 Å². The Labute approximate surface area is 123 Å². The summed E-state index contributed by atoms with van der Waals surface area (Å²) >= 11 is 0. The first kappa shape index (κ1) is 13.8. The van der Waals surface area contributed by atoms with Gasteiger partial charge in [0, 0.05) is 24.7 Å². The molecule has 0 spiro atoms. The Morgan fingerprint density at radius 3 is 2.86 bits per heavy atom. The third-order valence-corrected chi connectivity index (χ3v) is 4.13. The van der Waals surface area contributed by atoms with Gasteiger partial charge in [0.1, 0.15) is 0 Å². The molecule has 2 heterocycles. The van der Waals surface area contributed by atoms with Gasteiger partial charge in [0.2, 0.25) is 0 Å². The SMILES string of the molecule is CC1OCCC1N(C)c1cc(C(=O)O)nc2ccccc12. The number of fused-ring (bicyclic) bond motifs is 1. The molecule has 1 aromatic carbocycles. The number of pyridine rings is 1. The van der Waals surface area contributed by atoms with Crippen molar-refractivity contribution in [2.45, 2.75) is 25.5 Å². The molecule has 1 N–H and O–H groups in total. The molecule has 0 aliphatic carbocycles. The number of anilines is 1. The van der Waals surface area contributed by atoms with Crippen LogP contribution in [0.25, 0.3) is 10.9 Å². The molecule has 0 saturated carbocycles. The van der Waals surface area contributed by atoms with Crippen molar-refractivity contribution in [1.82, 2.24) is 4.98 Å². The van der Waals surface area contributed by atoms with Crippen LogP contribution in [0.1, 0.15) is 23.8 Å². The summed E-state index contributed by atoms with van der Waals surface area (Å²) in [5, 5.41) is 10.2. The molecule has 2 aromatic rings. The lowest BCUT2D eigenvalue weighted by molar-refractivity contribution is 0.0691. The fourth-order valence-electron chi connectivity index (χ4n) is 2.97. The molecule has 1 aliphatic heterocycles. The second kappa shape index (κ2) is 5.33. The van der Waals surface area contributed by atoms with Crippen LogP contribution in [0.2, 0.25) is 0 Å². The third kappa shape index (κ3) is 2.45. The van der Waals surface area contributed by atoms with E-state index in [0.29, 0.717) is 5.52 Å². The van der Waals surface area contributed by atoms with Crippen LogP contribution in [0.3, 0.4) is 0 Å². The standard InChI is InChI=1S/C16H18N2O3/c1-10-14(7-8-21-10)18(2)15-9-13(16(19)20)17-12-6-4-3-5-11(12)15/h3-6,9-10,14H,7-8H2,1-2H3,(H,19,20). The minimum Gasteiger partial charge on any atom is -0.477 e. The van der Waals surface area contributed by atoms with Crippen molar-refractivity contribution in [2.75, 3.05) is 18.6 Å². The number of ether oxygens (including phenoxy) is 1. The number of benzene rings is 1. The van der Waals surface area contributed by atoms with E-state index in [1.54, 1.807) is 6.07 Å². The van der Waals surface area contributed by atoms with Gasteiger partial charge < -0.3 is 14.7 Å². The smallest absolute Gasteiger partial charge is 0.354 e. The maximum Gasteiger partial charge on any atom is 0.354 e. The maximum atomic E-state index is 11.3. The number of para-hydroxylation sites is 1. The zero-order valence-electron chi connectivity index (χ0n) is 12.1. The summed E-state index contributed by atoms with van der Waals surface area (Å²) in [7, 11) is 1.99. The maximum absolute atomic E-state index is 11.3. The molecule has 1 saturated heterocycles. The molecule has 2 atom stereocenters. The van der Waals surface area contributed by atoms with Crippen molar-refractivity contribution in [3.05, 3.63) is 36.0 Å². The van der Waals surface area contributed by atoms with E-state index in [4.69, 9.17) is 4.74 Å². The second-order valence-corrected chi connectivity index (χ2v) is 5.39. The van der Waals surface area contributed by atoms with E-state index in [1.807, 2.05) is 31.3 Å². The molecule has 110 valence electrons. The van der Waals surface area contributed by atoms with Crippen LogP contribution in [-0.2, 0) is 4.74 Å². The Balaban J connectivity index is 2.13. The number of likely N-dealkylation sites (N-methyl/N-ethyl adjacent to an activating group) is 1. The minimum absolute atomic E-state index is 0.0714. The summed E-state index contributed by atoms with van der Waals surface area (Å²) in [4.78, 5) is 17.6. The van der Waals surface area contributed by atoms with Gasteiger partial charge in [-0.2, -0.15) is 0 Å². The molecule has 5 nitrogen and oxygen atoms in total. The van der Waals surface area contributed by atoms with Crippen LogP contribution in [0, 0.1) is 0 Å². The van der Waals surface area contributed by atoms with Gasteiger partial charge in [-0.1, -0.05) is 18.2 Å². The Morgan fingerprint density at radius 1 is 1.43 bits per heavy atom. The average molecular weight is 286 g/mol. The summed E-state index contributed by atoms with van der Waals surface area (Å²) in [6.07, 6.45) is 1.08. The summed E-state index contributed by atoms with van der Waals surface area (Å²) in [6, 6.07) is 9.52. The second-order valence-electron chi connectivity index (χ2n) is 5.39. The number of carbonyl (C=O) groups is 1. The normalized spacial score (nSPS) is 21.6. The van der Waals surface area contributed by atoms with Crippen LogP contribution in [0.5, 0.6) is 0 Å². The first-order chi connectivity index (χ1) is 10.1. The van der Waals surface area contributed by atoms with E-state index in [0.717, 1.165) is 24.1 Å². The van der Waals surface area contributed by atoms with Crippen molar-refractivity contribution in [3.8, 4) is 0 Å². The molecular formula is C16H18N2O3. The highest BCUT2D eigenvalue weighted by atomic mass is 16.5. The van der Waals surface area contributed by atoms with Crippen molar-refractivity contribution in [2.24, 2.45) is 0 Å². The molecule has 3 rings (SSSR count). The number of hydrogen-bond acceptors (Lipinski definition) is 4. The number of carboxylic acid groups (broad SMARTS) is 1. The molecular weight excluding hydrogens is 268 g/mol. The van der Waals surface area contributed by atoms with Crippen molar-refractivity contribution >= 4 is 22.6 Å². The quantitative estimate of drug-likeness (QED) is 0.939. The Morgan fingerprint density at radius 2 is 2.19 bits per heavy atom. The summed E-state index contributed by atoms with van der Waals surface area (Å²) < 4.78 is 5.62. The Bertz CT molecular complexity index is 686. The zero-order valence-corrected chi connectivity index (χ0v) is 12.1. The fraction of sp³-hybridized carbons (Fsp3) is 0.375. The monoisotopic (exact) mass is 286 g/mol. The zero-order chi connectivity index (χ0) is 15.0. The Kier molecular flexibility index (Phi) is 3.51. The van der Waals surface area contributed by atoms with Gasteiger partial charge in [0.15, 0.2) is 5.69 Å². The predicted octanol–water partition coefficient (Wildman–Crippen LogP) is 2.55. The highest BCUT2D eigenvalue weighted by molar-refractivity contribution is 5.97. The largest absolute Gasteiger partial charge is 0.477 e. The molecule has 1 aliphatic rings. The van der Waals surface area contributed by atoms with Crippen LogP contribution < -0.4 is 4.90 Å². The van der Waals surface area contributed by atoms with E-state index < -0.39 is 5.97 Å². The molecule has 0 radical (unpaired) electrons. The highest BCUT2D eigenvalue weighted by Crippen LogP contribution is 2.30. The molecule has 1 aromatic heterocycles. The average Bonchev–Trinajstić information content (AvgIpc) is 2.91. The predicted molar refractivity (Wildman–Crippen MR) is 80.9 cm³/mol. The van der Waals surface area contributed by atoms with E-state index in [2.05, 4.69) is 16.8 Å². The minimum atomic E-state index is -1.01. The summed E-state index contributed by atoms with van der Waals surface area (Å²) in [6.45, 7) is 2.79. The number of rotatable bonds is 3. The van der Waals surface area contributed by atoms with Crippen molar-refractivity contribution in [1.29, 1.82) is 0 Å². The number of aromatic nitrogens is 1. The number of hydrogen-bond donors (Lipinski definition) is 1. The first-order valence-corrected chi connectivity index (χ1v) is 7.05.